The standard InChI is InChI=1S/C13H13F2NO2/c1-3-8-5-6-9(13(17)18-4-2)10(7-16)11(8)12(14)15/h5-6,12H,3-4H2,1-2H3. The predicted molar refractivity (Wildman–Crippen MR) is 61.4 cm³/mol. The van der Waals surface area contributed by atoms with E-state index in [0.29, 0.717) is 12.0 Å². The van der Waals surface area contributed by atoms with Gasteiger partial charge in [-0.2, -0.15) is 5.26 Å². The molecule has 0 heterocycles. The molecule has 96 valence electrons. The zero-order valence-corrected chi connectivity index (χ0v) is 10.2. The highest BCUT2D eigenvalue weighted by molar-refractivity contribution is 5.93. The van der Waals surface area contributed by atoms with Gasteiger partial charge in [-0.25, -0.2) is 13.6 Å². The molecule has 3 nitrogen and oxygen atoms in total. The fraction of sp³-hybridized carbons (Fsp3) is 0.385. The summed E-state index contributed by atoms with van der Waals surface area (Å²) in [6.45, 7) is 3.45. The Bertz CT molecular complexity index is 492. The van der Waals surface area contributed by atoms with Crippen LogP contribution in [0.15, 0.2) is 12.1 Å². The van der Waals surface area contributed by atoms with Crippen molar-refractivity contribution in [3.05, 3.63) is 34.4 Å². The van der Waals surface area contributed by atoms with E-state index < -0.39 is 12.4 Å². The van der Waals surface area contributed by atoms with Crippen LogP contribution in [0.25, 0.3) is 0 Å². The minimum atomic E-state index is -2.79. The van der Waals surface area contributed by atoms with Crippen molar-refractivity contribution < 1.29 is 18.3 Å². The van der Waals surface area contributed by atoms with Gasteiger partial charge in [-0.1, -0.05) is 13.0 Å². The quantitative estimate of drug-likeness (QED) is 0.774. The van der Waals surface area contributed by atoms with E-state index in [2.05, 4.69) is 0 Å². The van der Waals surface area contributed by atoms with Crippen molar-refractivity contribution in [3.8, 4) is 6.07 Å². The van der Waals surface area contributed by atoms with E-state index in [9.17, 15) is 13.6 Å². The van der Waals surface area contributed by atoms with Crippen molar-refractivity contribution in [2.75, 3.05) is 6.61 Å². The summed E-state index contributed by atoms with van der Waals surface area (Å²) in [5.41, 5.74) is -0.394. The number of carbonyl (C=O) groups is 1. The second-order valence-electron chi connectivity index (χ2n) is 3.55. The third-order valence-electron chi connectivity index (χ3n) is 2.54. The topological polar surface area (TPSA) is 50.1 Å². The average molecular weight is 253 g/mol. The van der Waals surface area contributed by atoms with Gasteiger partial charge in [0.25, 0.3) is 6.43 Å². The molecule has 0 atom stereocenters. The van der Waals surface area contributed by atoms with Crippen LogP contribution in [0.5, 0.6) is 0 Å². The maximum Gasteiger partial charge on any atom is 0.339 e. The summed E-state index contributed by atoms with van der Waals surface area (Å²) in [4.78, 5) is 11.6. The summed E-state index contributed by atoms with van der Waals surface area (Å²) in [5.74, 6) is -0.751. The molecule has 0 spiro atoms. The fourth-order valence-corrected chi connectivity index (χ4v) is 1.72. The summed E-state index contributed by atoms with van der Waals surface area (Å²) >= 11 is 0. The molecule has 5 heteroatoms. The lowest BCUT2D eigenvalue weighted by atomic mass is 9.95. The van der Waals surface area contributed by atoms with E-state index in [1.54, 1.807) is 19.9 Å². The SMILES string of the molecule is CCOC(=O)c1ccc(CC)c(C(F)F)c1C#N. The molecular formula is C13H13F2NO2. The Balaban J connectivity index is 3.44. The molecule has 1 rings (SSSR count). The minimum absolute atomic E-state index is 0.105. The molecule has 0 saturated heterocycles. The molecule has 0 aliphatic heterocycles. The lowest BCUT2D eigenvalue weighted by Crippen LogP contribution is -2.10. The maximum absolute atomic E-state index is 13.0. The minimum Gasteiger partial charge on any atom is -0.462 e. The van der Waals surface area contributed by atoms with Gasteiger partial charge >= 0.3 is 5.97 Å². The van der Waals surface area contributed by atoms with Crippen LogP contribution >= 0.6 is 0 Å². The Hall–Kier alpha value is -1.96. The Morgan fingerprint density at radius 2 is 2.11 bits per heavy atom. The number of halogens is 2. The normalized spacial score (nSPS) is 10.2. The molecule has 0 aliphatic rings. The largest absolute Gasteiger partial charge is 0.462 e. The van der Waals surface area contributed by atoms with Crippen molar-refractivity contribution in [2.45, 2.75) is 26.7 Å². The van der Waals surface area contributed by atoms with E-state index in [4.69, 9.17) is 10.00 Å². The number of carbonyl (C=O) groups excluding carboxylic acids is 1. The van der Waals surface area contributed by atoms with Gasteiger partial charge in [0.05, 0.1) is 17.7 Å². The Labute approximate surface area is 104 Å². The summed E-state index contributed by atoms with van der Waals surface area (Å²) in [5, 5.41) is 8.99. The van der Waals surface area contributed by atoms with E-state index >= 15 is 0 Å². The number of nitrogens with zero attached hydrogens (tertiary/aromatic N) is 1. The van der Waals surface area contributed by atoms with Crippen LogP contribution in [0, 0.1) is 11.3 Å². The molecule has 0 saturated carbocycles. The molecule has 1 aromatic carbocycles. The summed E-state index contributed by atoms with van der Waals surface area (Å²) in [6, 6.07) is 4.48. The molecule has 0 fully saturated rings. The van der Waals surface area contributed by atoms with Crippen LogP contribution < -0.4 is 0 Å². The van der Waals surface area contributed by atoms with Crippen molar-refractivity contribution in [3.63, 3.8) is 0 Å². The lowest BCUT2D eigenvalue weighted by Gasteiger charge is -2.12. The number of esters is 1. The number of rotatable bonds is 4. The number of alkyl halides is 2. The van der Waals surface area contributed by atoms with Gasteiger partial charge in [-0.05, 0) is 25.0 Å². The van der Waals surface area contributed by atoms with Crippen molar-refractivity contribution in [1.29, 1.82) is 5.26 Å². The molecule has 0 N–H and O–H groups in total. The number of nitriles is 1. The zero-order valence-electron chi connectivity index (χ0n) is 10.2. The van der Waals surface area contributed by atoms with Crippen LogP contribution in [0.4, 0.5) is 8.78 Å². The van der Waals surface area contributed by atoms with Crippen LogP contribution in [-0.2, 0) is 11.2 Å². The second-order valence-corrected chi connectivity index (χ2v) is 3.55. The summed E-state index contributed by atoms with van der Waals surface area (Å²) in [7, 11) is 0. The van der Waals surface area contributed by atoms with Gasteiger partial charge in [0.1, 0.15) is 6.07 Å². The number of aryl methyl sites for hydroxylation is 1. The maximum atomic E-state index is 13.0. The van der Waals surface area contributed by atoms with Gasteiger partial charge in [-0.3, -0.25) is 0 Å². The smallest absolute Gasteiger partial charge is 0.339 e. The third kappa shape index (κ3) is 2.65. The van der Waals surface area contributed by atoms with Crippen LogP contribution in [0.2, 0.25) is 0 Å². The second kappa shape index (κ2) is 6.10. The van der Waals surface area contributed by atoms with Crippen molar-refractivity contribution >= 4 is 5.97 Å². The van der Waals surface area contributed by atoms with E-state index in [-0.39, 0.29) is 23.3 Å². The third-order valence-corrected chi connectivity index (χ3v) is 2.54. The van der Waals surface area contributed by atoms with Gasteiger partial charge in [0, 0.05) is 5.56 Å². The lowest BCUT2D eigenvalue weighted by molar-refractivity contribution is 0.0525. The van der Waals surface area contributed by atoms with E-state index in [1.165, 1.54) is 12.1 Å². The predicted octanol–water partition coefficient (Wildman–Crippen LogP) is 3.23. The number of ether oxygens (including phenoxy) is 1. The molecule has 0 unspecified atom stereocenters. The summed E-state index contributed by atoms with van der Waals surface area (Å²) < 4.78 is 30.7. The first-order valence-corrected chi connectivity index (χ1v) is 5.57. The molecule has 0 aliphatic carbocycles. The van der Waals surface area contributed by atoms with Crippen molar-refractivity contribution in [1.82, 2.24) is 0 Å². The molecule has 0 aromatic heterocycles. The Kier molecular flexibility index (Phi) is 4.78. The molecule has 0 radical (unpaired) electrons. The van der Waals surface area contributed by atoms with Gasteiger partial charge in [-0.15, -0.1) is 0 Å². The van der Waals surface area contributed by atoms with Gasteiger partial charge in [0.2, 0.25) is 0 Å². The molecular weight excluding hydrogens is 240 g/mol. The molecule has 1 aromatic rings. The molecule has 18 heavy (non-hydrogen) atoms. The Morgan fingerprint density at radius 1 is 1.44 bits per heavy atom. The molecule has 0 bridgehead atoms. The number of hydrogen-bond donors (Lipinski definition) is 0. The monoisotopic (exact) mass is 253 g/mol. The first-order valence-electron chi connectivity index (χ1n) is 5.57. The first-order chi connectivity index (χ1) is 8.56. The fourth-order valence-electron chi connectivity index (χ4n) is 1.72. The van der Waals surface area contributed by atoms with Crippen LogP contribution in [0.3, 0.4) is 0 Å². The highest BCUT2D eigenvalue weighted by Gasteiger charge is 2.23. The van der Waals surface area contributed by atoms with Gasteiger partial charge < -0.3 is 4.74 Å². The first kappa shape index (κ1) is 14.1. The zero-order chi connectivity index (χ0) is 13.7. The summed E-state index contributed by atoms with van der Waals surface area (Å²) in [6.07, 6.45) is -2.42. The number of hydrogen-bond acceptors (Lipinski definition) is 3. The van der Waals surface area contributed by atoms with E-state index in [1.807, 2.05) is 0 Å². The van der Waals surface area contributed by atoms with Gasteiger partial charge in [0.15, 0.2) is 0 Å². The Morgan fingerprint density at radius 3 is 2.56 bits per heavy atom. The highest BCUT2D eigenvalue weighted by atomic mass is 19.3. The number of benzene rings is 1. The van der Waals surface area contributed by atoms with Crippen LogP contribution in [0.1, 0.15) is 47.3 Å². The molecule has 0 amide bonds. The average Bonchev–Trinajstić information content (AvgIpc) is 2.36. The van der Waals surface area contributed by atoms with Crippen molar-refractivity contribution in [2.24, 2.45) is 0 Å². The highest BCUT2D eigenvalue weighted by Crippen LogP contribution is 2.29. The van der Waals surface area contributed by atoms with Crippen LogP contribution in [-0.4, -0.2) is 12.6 Å². The van der Waals surface area contributed by atoms with E-state index in [0.717, 1.165) is 0 Å².